The van der Waals surface area contributed by atoms with E-state index in [1.165, 1.54) is 17.6 Å². The standard InChI is InChI=1S/C18H27N3/c1-6-7-15(4)17-8-9-19-16(5)18(17)20-21-11-13(2)10-14(3)12-21/h6-9,13-14,20H,1,10-12H2,2-5H3/b15-7+. The van der Waals surface area contributed by atoms with E-state index in [1.54, 1.807) is 0 Å². The van der Waals surface area contributed by atoms with Crippen LogP contribution in [0.5, 0.6) is 0 Å². The van der Waals surface area contributed by atoms with Gasteiger partial charge in [-0.3, -0.25) is 4.98 Å². The summed E-state index contributed by atoms with van der Waals surface area (Å²) < 4.78 is 0. The number of hydrogen-bond donors (Lipinski definition) is 1. The Labute approximate surface area is 128 Å². The summed E-state index contributed by atoms with van der Waals surface area (Å²) in [5, 5.41) is 2.34. The number of pyridine rings is 1. The van der Waals surface area contributed by atoms with E-state index in [0.717, 1.165) is 36.3 Å². The minimum absolute atomic E-state index is 0.728. The van der Waals surface area contributed by atoms with Gasteiger partial charge in [0.2, 0.25) is 0 Å². The van der Waals surface area contributed by atoms with Crippen molar-refractivity contribution in [3.05, 3.63) is 42.3 Å². The molecule has 1 fully saturated rings. The zero-order chi connectivity index (χ0) is 15.4. The molecule has 2 unspecified atom stereocenters. The topological polar surface area (TPSA) is 28.2 Å². The molecule has 1 aliphatic rings. The molecule has 21 heavy (non-hydrogen) atoms. The highest BCUT2D eigenvalue weighted by molar-refractivity contribution is 5.76. The van der Waals surface area contributed by atoms with Gasteiger partial charge in [0.15, 0.2) is 0 Å². The molecule has 0 bridgehead atoms. The van der Waals surface area contributed by atoms with Crippen molar-refractivity contribution in [2.75, 3.05) is 18.5 Å². The maximum absolute atomic E-state index is 4.44. The fraction of sp³-hybridized carbons (Fsp3) is 0.500. The summed E-state index contributed by atoms with van der Waals surface area (Å²) in [6, 6.07) is 2.07. The number of anilines is 1. The van der Waals surface area contributed by atoms with Crippen molar-refractivity contribution in [1.29, 1.82) is 0 Å². The van der Waals surface area contributed by atoms with Crippen molar-refractivity contribution in [2.45, 2.75) is 34.1 Å². The molecule has 2 rings (SSSR count). The Morgan fingerprint density at radius 3 is 2.67 bits per heavy atom. The molecule has 0 amide bonds. The molecule has 0 radical (unpaired) electrons. The van der Waals surface area contributed by atoms with Gasteiger partial charge in [0, 0.05) is 24.8 Å². The molecule has 114 valence electrons. The number of rotatable bonds is 4. The van der Waals surface area contributed by atoms with Gasteiger partial charge in [-0.2, -0.15) is 0 Å². The normalized spacial score (nSPS) is 23.9. The molecule has 0 saturated carbocycles. The van der Waals surface area contributed by atoms with Gasteiger partial charge in [0.25, 0.3) is 0 Å². The molecule has 2 atom stereocenters. The predicted octanol–water partition coefficient (Wildman–Crippen LogP) is 4.28. The molecule has 0 aliphatic carbocycles. The van der Waals surface area contributed by atoms with Crippen molar-refractivity contribution in [1.82, 2.24) is 9.99 Å². The molecule has 3 nitrogen and oxygen atoms in total. The van der Waals surface area contributed by atoms with E-state index < -0.39 is 0 Å². The summed E-state index contributed by atoms with van der Waals surface area (Å²) in [6.07, 6.45) is 7.06. The van der Waals surface area contributed by atoms with Gasteiger partial charge in [0.1, 0.15) is 0 Å². The number of nitrogens with one attached hydrogen (secondary N) is 1. The second-order valence-corrected chi connectivity index (χ2v) is 6.37. The minimum atomic E-state index is 0.728. The zero-order valence-corrected chi connectivity index (χ0v) is 13.7. The highest BCUT2D eigenvalue weighted by Gasteiger charge is 2.22. The molecule has 0 aromatic carbocycles. The average Bonchev–Trinajstić information content (AvgIpc) is 2.40. The summed E-state index contributed by atoms with van der Waals surface area (Å²) in [6.45, 7) is 14.8. The van der Waals surface area contributed by atoms with E-state index in [0.29, 0.717) is 0 Å². The molecule has 1 aromatic heterocycles. The van der Waals surface area contributed by atoms with Crippen molar-refractivity contribution in [3.8, 4) is 0 Å². The largest absolute Gasteiger partial charge is 0.317 e. The summed E-state index contributed by atoms with van der Waals surface area (Å²) in [5.41, 5.74) is 8.18. The Hall–Kier alpha value is -1.61. The highest BCUT2D eigenvalue weighted by atomic mass is 15.5. The number of hydrazine groups is 1. The second kappa shape index (κ2) is 6.90. The third kappa shape index (κ3) is 3.94. The molecule has 1 saturated heterocycles. The Balaban J connectivity index is 2.26. The molecule has 1 aliphatic heterocycles. The van der Waals surface area contributed by atoms with Crippen molar-refractivity contribution >= 4 is 11.3 Å². The first kappa shape index (κ1) is 15.8. The summed E-state index contributed by atoms with van der Waals surface area (Å²) in [7, 11) is 0. The van der Waals surface area contributed by atoms with Crippen LogP contribution in [0.4, 0.5) is 5.69 Å². The van der Waals surface area contributed by atoms with Crippen LogP contribution in [-0.4, -0.2) is 23.1 Å². The van der Waals surface area contributed by atoms with Crippen LogP contribution < -0.4 is 5.43 Å². The first-order chi connectivity index (χ1) is 10.0. The van der Waals surface area contributed by atoms with E-state index in [2.05, 4.69) is 55.8 Å². The smallest absolute Gasteiger partial charge is 0.0778 e. The third-order valence-corrected chi connectivity index (χ3v) is 4.07. The summed E-state index contributed by atoms with van der Waals surface area (Å²) in [4.78, 5) is 4.44. The number of nitrogens with zero attached hydrogens (tertiary/aromatic N) is 2. The Morgan fingerprint density at radius 1 is 1.38 bits per heavy atom. The molecule has 1 aromatic rings. The maximum Gasteiger partial charge on any atom is 0.0778 e. The van der Waals surface area contributed by atoms with Gasteiger partial charge < -0.3 is 5.43 Å². The molecule has 2 heterocycles. The van der Waals surface area contributed by atoms with Crippen molar-refractivity contribution in [3.63, 3.8) is 0 Å². The number of allylic oxidation sites excluding steroid dienone is 3. The Kier molecular flexibility index (Phi) is 5.18. The zero-order valence-electron chi connectivity index (χ0n) is 13.7. The number of aromatic nitrogens is 1. The molecule has 1 N–H and O–H groups in total. The second-order valence-electron chi connectivity index (χ2n) is 6.37. The van der Waals surface area contributed by atoms with Crippen LogP contribution >= 0.6 is 0 Å². The van der Waals surface area contributed by atoms with E-state index in [9.17, 15) is 0 Å². The predicted molar refractivity (Wildman–Crippen MR) is 91.0 cm³/mol. The lowest BCUT2D eigenvalue weighted by Gasteiger charge is -2.36. The van der Waals surface area contributed by atoms with Crippen molar-refractivity contribution in [2.24, 2.45) is 11.8 Å². The third-order valence-electron chi connectivity index (χ3n) is 4.07. The average molecular weight is 285 g/mol. The fourth-order valence-corrected chi connectivity index (χ4v) is 3.22. The van der Waals surface area contributed by atoms with Crippen LogP contribution in [0.15, 0.2) is 31.0 Å². The number of hydrogen-bond acceptors (Lipinski definition) is 3. The molecular formula is C18H27N3. The van der Waals surface area contributed by atoms with Gasteiger partial charge in [-0.1, -0.05) is 32.6 Å². The lowest BCUT2D eigenvalue weighted by Crippen LogP contribution is -2.42. The maximum atomic E-state index is 4.44. The highest BCUT2D eigenvalue weighted by Crippen LogP contribution is 2.28. The van der Waals surface area contributed by atoms with E-state index in [-0.39, 0.29) is 0 Å². The SMILES string of the molecule is C=C/C=C(\C)c1ccnc(C)c1NN1CC(C)CC(C)C1. The number of piperidine rings is 1. The first-order valence-corrected chi connectivity index (χ1v) is 7.78. The monoisotopic (exact) mass is 285 g/mol. The quantitative estimate of drug-likeness (QED) is 0.837. The van der Waals surface area contributed by atoms with Gasteiger partial charge in [0.05, 0.1) is 11.4 Å². The Morgan fingerprint density at radius 2 is 2.05 bits per heavy atom. The number of aryl methyl sites for hydroxylation is 1. The summed E-state index contributed by atoms with van der Waals surface area (Å²) in [5.74, 6) is 1.46. The van der Waals surface area contributed by atoms with Crippen LogP contribution in [0.3, 0.4) is 0 Å². The molecular weight excluding hydrogens is 258 g/mol. The fourth-order valence-electron chi connectivity index (χ4n) is 3.22. The lowest BCUT2D eigenvalue weighted by molar-refractivity contribution is 0.169. The van der Waals surface area contributed by atoms with E-state index in [1.807, 2.05) is 18.3 Å². The van der Waals surface area contributed by atoms with Crippen LogP contribution in [0, 0.1) is 18.8 Å². The van der Waals surface area contributed by atoms with Crippen LogP contribution in [0.2, 0.25) is 0 Å². The van der Waals surface area contributed by atoms with Gasteiger partial charge >= 0.3 is 0 Å². The van der Waals surface area contributed by atoms with E-state index >= 15 is 0 Å². The minimum Gasteiger partial charge on any atom is -0.317 e. The first-order valence-electron chi connectivity index (χ1n) is 7.78. The summed E-state index contributed by atoms with van der Waals surface area (Å²) >= 11 is 0. The molecule has 3 heteroatoms. The van der Waals surface area contributed by atoms with Crippen LogP contribution in [0.25, 0.3) is 5.57 Å². The van der Waals surface area contributed by atoms with Crippen LogP contribution in [0.1, 0.15) is 38.4 Å². The van der Waals surface area contributed by atoms with Gasteiger partial charge in [-0.05, 0) is 43.7 Å². The van der Waals surface area contributed by atoms with Crippen LogP contribution in [-0.2, 0) is 0 Å². The van der Waals surface area contributed by atoms with Gasteiger partial charge in [-0.25, -0.2) is 5.01 Å². The molecule has 0 spiro atoms. The lowest BCUT2D eigenvalue weighted by atomic mass is 9.93. The Bertz CT molecular complexity index is 523. The van der Waals surface area contributed by atoms with Crippen molar-refractivity contribution < 1.29 is 0 Å². The van der Waals surface area contributed by atoms with Gasteiger partial charge in [-0.15, -0.1) is 0 Å². The van der Waals surface area contributed by atoms with E-state index in [4.69, 9.17) is 0 Å².